The van der Waals surface area contributed by atoms with Gasteiger partial charge in [0.1, 0.15) is 0 Å². The van der Waals surface area contributed by atoms with Crippen molar-refractivity contribution in [2.75, 3.05) is 6.54 Å². The molecule has 0 radical (unpaired) electrons. The molecule has 2 rings (SSSR count). The van der Waals surface area contributed by atoms with Crippen LogP contribution in [0.4, 0.5) is 0 Å². The Morgan fingerprint density at radius 3 is 2.39 bits per heavy atom. The van der Waals surface area contributed by atoms with E-state index < -0.39 is 5.91 Å². The average Bonchev–Trinajstić information content (AvgIpc) is 2.28. The molecule has 1 aromatic rings. The van der Waals surface area contributed by atoms with Gasteiger partial charge in [-0.3, -0.25) is 9.59 Å². The summed E-state index contributed by atoms with van der Waals surface area (Å²) in [6.45, 7) is 0.322. The molecule has 18 heavy (non-hydrogen) atoms. The molecule has 4 nitrogen and oxygen atoms in total. The first-order chi connectivity index (χ1) is 8.65. The van der Waals surface area contributed by atoms with Crippen LogP contribution in [-0.2, 0) is 15.0 Å². The molecule has 4 heteroatoms. The van der Waals surface area contributed by atoms with Gasteiger partial charge in [-0.25, -0.2) is 0 Å². The van der Waals surface area contributed by atoms with E-state index in [2.05, 4.69) is 5.32 Å². The van der Waals surface area contributed by atoms with Crippen molar-refractivity contribution in [3.05, 3.63) is 35.9 Å². The summed E-state index contributed by atoms with van der Waals surface area (Å²) in [6, 6.07) is 9.83. The maximum absolute atomic E-state index is 12.3. The van der Waals surface area contributed by atoms with Gasteiger partial charge in [-0.1, -0.05) is 36.8 Å². The van der Waals surface area contributed by atoms with Gasteiger partial charge in [0.2, 0.25) is 11.8 Å². The normalized spacial score (nSPS) is 16.7. The lowest BCUT2D eigenvalue weighted by atomic mass is 9.64. The van der Waals surface area contributed by atoms with Crippen molar-refractivity contribution in [1.82, 2.24) is 5.32 Å². The lowest BCUT2D eigenvalue weighted by Crippen LogP contribution is -2.49. The van der Waals surface area contributed by atoms with E-state index in [-0.39, 0.29) is 17.7 Å². The third kappa shape index (κ3) is 2.37. The summed E-state index contributed by atoms with van der Waals surface area (Å²) in [5.74, 6) is -0.376. The van der Waals surface area contributed by atoms with Crippen LogP contribution in [0.1, 0.15) is 31.2 Å². The van der Waals surface area contributed by atoms with E-state index in [0.29, 0.717) is 6.54 Å². The van der Waals surface area contributed by atoms with Crippen molar-refractivity contribution in [2.24, 2.45) is 5.73 Å². The second-order valence-electron chi connectivity index (χ2n) is 4.77. The standard InChI is InChI=1S/C14H18N2O2/c15-12(17)7-10-16-13(18)14(8-4-9-14)11-5-2-1-3-6-11/h1-3,5-6H,4,7-10H2,(H2,15,17)(H,16,18). The largest absolute Gasteiger partial charge is 0.370 e. The van der Waals surface area contributed by atoms with E-state index in [1.54, 1.807) is 0 Å². The van der Waals surface area contributed by atoms with Crippen LogP contribution in [0.2, 0.25) is 0 Å². The molecule has 0 spiro atoms. The van der Waals surface area contributed by atoms with Crippen molar-refractivity contribution in [1.29, 1.82) is 0 Å². The Kier molecular flexibility index (Phi) is 3.65. The summed E-state index contributed by atoms with van der Waals surface area (Å²) < 4.78 is 0. The van der Waals surface area contributed by atoms with Crippen LogP contribution in [0.5, 0.6) is 0 Å². The van der Waals surface area contributed by atoms with E-state index in [1.807, 2.05) is 30.3 Å². The molecule has 1 saturated carbocycles. The maximum Gasteiger partial charge on any atom is 0.230 e. The first kappa shape index (κ1) is 12.6. The minimum absolute atomic E-state index is 0.0150. The molecule has 0 atom stereocenters. The van der Waals surface area contributed by atoms with Crippen LogP contribution in [0.25, 0.3) is 0 Å². The lowest BCUT2D eigenvalue weighted by molar-refractivity contribution is -0.130. The summed E-state index contributed by atoms with van der Waals surface area (Å²) in [5, 5.41) is 2.82. The van der Waals surface area contributed by atoms with Gasteiger partial charge < -0.3 is 11.1 Å². The van der Waals surface area contributed by atoms with Crippen LogP contribution in [0, 0.1) is 0 Å². The third-order valence-electron chi connectivity index (χ3n) is 3.63. The van der Waals surface area contributed by atoms with Gasteiger partial charge in [0, 0.05) is 13.0 Å². The molecule has 0 aliphatic heterocycles. The van der Waals surface area contributed by atoms with Gasteiger partial charge in [-0.2, -0.15) is 0 Å². The van der Waals surface area contributed by atoms with Crippen molar-refractivity contribution < 1.29 is 9.59 Å². The van der Waals surface area contributed by atoms with Gasteiger partial charge in [0.25, 0.3) is 0 Å². The molecular weight excluding hydrogens is 228 g/mol. The number of amides is 2. The monoisotopic (exact) mass is 246 g/mol. The number of carbonyl (C=O) groups is 2. The number of hydrogen-bond acceptors (Lipinski definition) is 2. The zero-order valence-electron chi connectivity index (χ0n) is 10.3. The minimum Gasteiger partial charge on any atom is -0.370 e. The molecule has 96 valence electrons. The van der Waals surface area contributed by atoms with Crippen LogP contribution in [0.15, 0.2) is 30.3 Å². The molecule has 1 aromatic carbocycles. The fourth-order valence-corrected chi connectivity index (χ4v) is 2.40. The van der Waals surface area contributed by atoms with Crippen LogP contribution in [-0.4, -0.2) is 18.4 Å². The predicted molar refractivity (Wildman–Crippen MR) is 68.8 cm³/mol. The number of hydrogen-bond donors (Lipinski definition) is 2. The topological polar surface area (TPSA) is 72.2 Å². The molecule has 1 fully saturated rings. The average molecular weight is 246 g/mol. The molecule has 0 aromatic heterocycles. The molecular formula is C14H18N2O2. The Hall–Kier alpha value is -1.84. The molecule has 1 aliphatic carbocycles. The number of rotatable bonds is 5. The zero-order valence-corrected chi connectivity index (χ0v) is 10.3. The van der Waals surface area contributed by atoms with Gasteiger partial charge in [-0.15, -0.1) is 0 Å². The lowest BCUT2D eigenvalue weighted by Gasteiger charge is -2.40. The summed E-state index contributed by atoms with van der Waals surface area (Å²) in [5.41, 5.74) is 5.73. The van der Waals surface area contributed by atoms with Gasteiger partial charge >= 0.3 is 0 Å². The highest BCUT2D eigenvalue weighted by Crippen LogP contribution is 2.43. The summed E-state index contributed by atoms with van der Waals surface area (Å²) >= 11 is 0. The molecule has 0 saturated heterocycles. The van der Waals surface area contributed by atoms with Crippen LogP contribution < -0.4 is 11.1 Å². The number of benzene rings is 1. The Balaban J connectivity index is 2.04. The quantitative estimate of drug-likeness (QED) is 0.816. The number of nitrogens with one attached hydrogen (secondary N) is 1. The van der Waals surface area contributed by atoms with E-state index in [0.717, 1.165) is 24.8 Å². The summed E-state index contributed by atoms with van der Waals surface area (Å²) in [7, 11) is 0. The molecule has 1 aliphatic rings. The first-order valence-corrected chi connectivity index (χ1v) is 6.27. The Bertz CT molecular complexity index is 438. The molecule has 0 unspecified atom stereocenters. The van der Waals surface area contributed by atoms with Crippen molar-refractivity contribution in [3.63, 3.8) is 0 Å². The zero-order chi connectivity index (χ0) is 13.0. The van der Waals surface area contributed by atoms with E-state index >= 15 is 0 Å². The highest BCUT2D eigenvalue weighted by molar-refractivity contribution is 5.89. The highest BCUT2D eigenvalue weighted by Gasteiger charge is 2.45. The molecule has 0 bridgehead atoms. The number of nitrogens with two attached hydrogens (primary N) is 1. The Morgan fingerprint density at radius 1 is 1.22 bits per heavy atom. The molecule has 2 amide bonds. The third-order valence-corrected chi connectivity index (χ3v) is 3.63. The smallest absolute Gasteiger partial charge is 0.230 e. The number of primary amides is 1. The van der Waals surface area contributed by atoms with E-state index in [4.69, 9.17) is 5.73 Å². The van der Waals surface area contributed by atoms with Crippen molar-refractivity contribution in [3.8, 4) is 0 Å². The molecule has 0 heterocycles. The number of carbonyl (C=O) groups excluding carboxylic acids is 2. The van der Waals surface area contributed by atoms with Gasteiger partial charge in [0.05, 0.1) is 5.41 Å². The van der Waals surface area contributed by atoms with Crippen molar-refractivity contribution >= 4 is 11.8 Å². The summed E-state index contributed by atoms with van der Waals surface area (Å²) in [6.07, 6.45) is 3.01. The summed E-state index contributed by atoms with van der Waals surface area (Å²) in [4.78, 5) is 22.9. The highest BCUT2D eigenvalue weighted by atomic mass is 16.2. The predicted octanol–water partition coefficient (Wildman–Crippen LogP) is 1.10. The molecule has 3 N–H and O–H groups in total. The van der Waals surface area contributed by atoms with Gasteiger partial charge in [0.15, 0.2) is 0 Å². The SMILES string of the molecule is NC(=O)CCNC(=O)C1(c2ccccc2)CCC1. The minimum atomic E-state index is -0.391. The maximum atomic E-state index is 12.3. The van der Waals surface area contributed by atoms with Crippen molar-refractivity contribution in [2.45, 2.75) is 31.1 Å². The van der Waals surface area contributed by atoms with E-state index in [1.165, 1.54) is 0 Å². The van der Waals surface area contributed by atoms with Gasteiger partial charge in [-0.05, 0) is 18.4 Å². The Labute approximate surface area is 107 Å². The first-order valence-electron chi connectivity index (χ1n) is 6.27. The fourth-order valence-electron chi connectivity index (χ4n) is 2.40. The fraction of sp³-hybridized carbons (Fsp3) is 0.429. The van der Waals surface area contributed by atoms with Crippen LogP contribution >= 0.6 is 0 Å². The van der Waals surface area contributed by atoms with E-state index in [9.17, 15) is 9.59 Å². The Morgan fingerprint density at radius 2 is 1.89 bits per heavy atom. The second kappa shape index (κ2) is 5.21. The second-order valence-corrected chi connectivity index (χ2v) is 4.77. The van der Waals surface area contributed by atoms with Crippen LogP contribution in [0.3, 0.4) is 0 Å².